The van der Waals surface area contributed by atoms with Gasteiger partial charge < -0.3 is 23.9 Å². The molecule has 9 nitrogen and oxygen atoms in total. The Kier molecular flexibility index (Phi) is 8.43. The number of nitrogens with zero attached hydrogens (tertiary/aromatic N) is 1. The zero-order chi connectivity index (χ0) is 27.4. The number of esters is 1. The van der Waals surface area contributed by atoms with E-state index in [0.29, 0.717) is 28.1 Å². The van der Waals surface area contributed by atoms with Crippen molar-refractivity contribution in [3.8, 4) is 11.5 Å². The van der Waals surface area contributed by atoms with Crippen molar-refractivity contribution in [2.24, 2.45) is 0 Å². The van der Waals surface area contributed by atoms with Crippen LogP contribution in [-0.2, 0) is 22.7 Å². The number of rotatable bonds is 9. The first kappa shape index (κ1) is 27.3. The molecule has 2 aromatic carbocycles. The number of hydrogen-bond acceptors (Lipinski definition) is 7. The lowest BCUT2D eigenvalue weighted by Gasteiger charge is -2.16. The number of amides is 3. The third-order valence-corrected chi connectivity index (χ3v) is 6.99. The van der Waals surface area contributed by atoms with E-state index < -0.39 is 17.9 Å². The highest BCUT2D eigenvalue weighted by atomic mass is 79.9. The fraction of sp³-hybridized carbons (Fsp3) is 0.222. The van der Waals surface area contributed by atoms with E-state index in [2.05, 4.69) is 26.0 Å². The maximum absolute atomic E-state index is 13.0. The fourth-order valence-electron chi connectivity index (χ4n) is 3.76. The Morgan fingerprint density at radius 3 is 2.68 bits per heavy atom. The molecule has 11 heteroatoms. The summed E-state index contributed by atoms with van der Waals surface area (Å²) >= 11 is 10.1. The van der Waals surface area contributed by atoms with E-state index in [0.717, 1.165) is 16.0 Å². The summed E-state index contributed by atoms with van der Waals surface area (Å²) < 4.78 is 22.2. The minimum absolute atomic E-state index is 0.0300. The largest absolute Gasteiger partial charge is 0.490 e. The number of urea groups is 1. The van der Waals surface area contributed by atoms with Crippen LogP contribution in [0.3, 0.4) is 0 Å². The number of carbonyl (C=O) groups is 3. The van der Waals surface area contributed by atoms with E-state index >= 15 is 0 Å². The smallest absolute Gasteiger partial charge is 0.373 e. The number of methoxy groups -OCH3 is 1. The third-order valence-electron chi connectivity index (χ3n) is 5.55. The molecule has 0 spiro atoms. The van der Waals surface area contributed by atoms with E-state index in [-0.39, 0.29) is 35.4 Å². The highest BCUT2D eigenvalue weighted by molar-refractivity contribution is 9.10. The lowest BCUT2D eigenvalue weighted by molar-refractivity contribution is -0.123. The molecule has 0 aliphatic carbocycles. The summed E-state index contributed by atoms with van der Waals surface area (Å²) in [6.07, 6.45) is 1.49. The Labute approximate surface area is 232 Å². The summed E-state index contributed by atoms with van der Waals surface area (Å²) in [7, 11) is 1.23. The number of ether oxygens (including phenoxy) is 3. The van der Waals surface area contributed by atoms with Crippen molar-refractivity contribution in [1.82, 2.24) is 10.2 Å². The van der Waals surface area contributed by atoms with Gasteiger partial charge in [-0.15, -0.1) is 0 Å². The SMILES string of the molecule is CCOc1cc(/C=C2\NC(=O)N(Cc3ccc(C(=O)OC)o3)C2=O)c(Br)c(Cl)c1OCc1cccc(C)c1. The molecule has 0 atom stereocenters. The van der Waals surface area contributed by atoms with Gasteiger partial charge in [-0.3, -0.25) is 9.69 Å². The molecule has 1 saturated heterocycles. The van der Waals surface area contributed by atoms with Gasteiger partial charge in [0.05, 0.1) is 20.3 Å². The molecule has 198 valence electrons. The molecule has 0 unspecified atom stereocenters. The summed E-state index contributed by atoms with van der Waals surface area (Å²) in [6, 6.07) is 11.9. The Balaban J connectivity index is 1.58. The van der Waals surface area contributed by atoms with Crippen LogP contribution in [0.5, 0.6) is 11.5 Å². The van der Waals surface area contributed by atoms with Crippen LogP contribution in [0, 0.1) is 6.92 Å². The van der Waals surface area contributed by atoms with Crippen LogP contribution in [0.1, 0.15) is 39.9 Å². The molecule has 4 rings (SSSR count). The molecule has 38 heavy (non-hydrogen) atoms. The quantitative estimate of drug-likeness (QED) is 0.185. The second kappa shape index (κ2) is 11.7. The second-order valence-corrected chi connectivity index (χ2v) is 9.44. The highest BCUT2D eigenvalue weighted by Crippen LogP contribution is 2.44. The van der Waals surface area contributed by atoms with Gasteiger partial charge in [-0.05, 0) is 65.2 Å². The van der Waals surface area contributed by atoms with Crippen molar-refractivity contribution >= 4 is 51.5 Å². The van der Waals surface area contributed by atoms with Crippen LogP contribution in [0.2, 0.25) is 5.02 Å². The normalized spacial score (nSPS) is 14.1. The molecule has 1 N–H and O–H groups in total. The van der Waals surface area contributed by atoms with E-state index in [4.69, 9.17) is 25.5 Å². The average Bonchev–Trinajstić information content (AvgIpc) is 3.47. The van der Waals surface area contributed by atoms with Crippen molar-refractivity contribution in [1.29, 1.82) is 0 Å². The van der Waals surface area contributed by atoms with Gasteiger partial charge in [-0.2, -0.15) is 0 Å². The van der Waals surface area contributed by atoms with Crippen molar-refractivity contribution in [3.05, 3.63) is 85.9 Å². The summed E-state index contributed by atoms with van der Waals surface area (Å²) in [5.41, 5.74) is 2.61. The average molecular weight is 604 g/mol. The maximum atomic E-state index is 13.0. The van der Waals surface area contributed by atoms with Crippen LogP contribution in [-0.4, -0.2) is 36.5 Å². The van der Waals surface area contributed by atoms with Crippen LogP contribution < -0.4 is 14.8 Å². The molecule has 0 bridgehead atoms. The Bertz CT molecular complexity index is 1430. The van der Waals surface area contributed by atoms with Gasteiger partial charge >= 0.3 is 12.0 Å². The minimum atomic E-state index is -0.660. The van der Waals surface area contributed by atoms with Gasteiger partial charge in [0.15, 0.2) is 11.5 Å². The lowest BCUT2D eigenvalue weighted by Crippen LogP contribution is -2.30. The van der Waals surface area contributed by atoms with Gasteiger partial charge in [-0.25, -0.2) is 9.59 Å². The van der Waals surface area contributed by atoms with E-state index in [9.17, 15) is 14.4 Å². The number of carbonyl (C=O) groups excluding carboxylic acids is 3. The monoisotopic (exact) mass is 602 g/mol. The molecule has 3 aromatic rings. The van der Waals surface area contributed by atoms with Crippen LogP contribution in [0.25, 0.3) is 6.08 Å². The zero-order valence-electron chi connectivity index (χ0n) is 20.8. The van der Waals surface area contributed by atoms with Crippen molar-refractivity contribution in [2.45, 2.75) is 27.0 Å². The van der Waals surface area contributed by atoms with Gasteiger partial charge in [0.25, 0.3) is 5.91 Å². The highest BCUT2D eigenvalue weighted by Gasteiger charge is 2.35. The zero-order valence-corrected chi connectivity index (χ0v) is 23.1. The van der Waals surface area contributed by atoms with E-state index in [1.54, 1.807) is 6.07 Å². The summed E-state index contributed by atoms with van der Waals surface area (Å²) in [6.45, 7) is 4.30. The summed E-state index contributed by atoms with van der Waals surface area (Å²) in [5.74, 6) is -0.282. The number of aryl methyl sites for hydroxylation is 1. The molecular formula is C27H24BrClN2O7. The Hall–Kier alpha value is -3.76. The standard InChI is InChI=1S/C27H24BrClN2O7/c1-4-36-21-12-17(22(28)23(29)24(21)37-14-16-7-5-6-15(2)10-16)11-19-25(32)31(27(34)30-19)13-18-8-9-20(38-18)26(33)35-3/h5-12H,4,13-14H2,1-3H3,(H,30,34)/b19-11-. The number of furan rings is 1. The first-order valence-electron chi connectivity index (χ1n) is 11.6. The number of benzene rings is 2. The lowest BCUT2D eigenvalue weighted by atomic mass is 10.1. The van der Waals surface area contributed by atoms with Gasteiger partial charge in [0.1, 0.15) is 23.1 Å². The molecule has 1 aliphatic rings. The van der Waals surface area contributed by atoms with Crippen LogP contribution in [0.4, 0.5) is 4.79 Å². The third kappa shape index (κ3) is 5.87. The van der Waals surface area contributed by atoms with Gasteiger partial charge in [0.2, 0.25) is 5.76 Å². The van der Waals surface area contributed by atoms with Crippen molar-refractivity contribution < 1.29 is 33.0 Å². The first-order chi connectivity index (χ1) is 18.2. The first-order valence-corrected chi connectivity index (χ1v) is 12.7. The molecule has 1 aliphatic heterocycles. The predicted molar refractivity (Wildman–Crippen MR) is 143 cm³/mol. The number of halogens is 2. The fourth-order valence-corrected chi connectivity index (χ4v) is 4.43. The van der Waals surface area contributed by atoms with Gasteiger partial charge in [0, 0.05) is 4.47 Å². The summed E-state index contributed by atoms with van der Waals surface area (Å²) in [4.78, 5) is 38.1. The molecule has 0 saturated carbocycles. The van der Waals surface area contributed by atoms with Crippen molar-refractivity contribution in [2.75, 3.05) is 13.7 Å². The molecular weight excluding hydrogens is 580 g/mol. The predicted octanol–water partition coefficient (Wildman–Crippen LogP) is 5.86. The van der Waals surface area contributed by atoms with Gasteiger partial charge in [-0.1, -0.05) is 41.4 Å². The van der Waals surface area contributed by atoms with Crippen LogP contribution >= 0.6 is 27.5 Å². The second-order valence-electron chi connectivity index (χ2n) is 8.27. The van der Waals surface area contributed by atoms with E-state index in [1.165, 1.54) is 25.3 Å². The molecule has 2 heterocycles. The summed E-state index contributed by atoms with van der Waals surface area (Å²) in [5, 5.41) is 2.82. The molecule has 1 aromatic heterocycles. The molecule has 0 radical (unpaired) electrons. The number of nitrogens with one attached hydrogen (secondary N) is 1. The Morgan fingerprint density at radius 1 is 1.18 bits per heavy atom. The molecule has 1 fully saturated rings. The molecule has 3 amide bonds. The van der Waals surface area contributed by atoms with Crippen LogP contribution in [0.15, 0.2) is 57.1 Å². The van der Waals surface area contributed by atoms with Crippen molar-refractivity contribution in [3.63, 3.8) is 0 Å². The Morgan fingerprint density at radius 2 is 1.97 bits per heavy atom. The maximum Gasteiger partial charge on any atom is 0.373 e. The van der Waals surface area contributed by atoms with E-state index in [1.807, 2.05) is 38.1 Å². The minimum Gasteiger partial charge on any atom is -0.490 e. The number of hydrogen-bond donors (Lipinski definition) is 1. The topological polar surface area (TPSA) is 107 Å². The number of imide groups is 1.